The van der Waals surface area contributed by atoms with Crippen molar-refractivity contribution in [3.05, 3.63) is 126 Å². The van der Waals surface area contributed by atoms with Crippen molar-refractivity contribution in [2.24, 2.45) is 0 Å². The van der Waals surface area contributed by atoms with E-state index in [0.717, 1.165) is 52.1 Å². The first-order valence-electron chi connectivity index (χ1n) is 17.7. The highest BCUT2D eigenvalue weighted by Gasteiger charge is 2.33. The number of esters is 1. The molecular formula is C42H43NO8S. The van der Waals surface area contributed by atoms with Crippen molar-refractivity contribution in [2.75, 3.05) is 12.4 Å². The van der Waals surface area contributed by atoms with Gasteiger partial charge in [-0.15, -0.1) is 0 Å². The van der Waals surface area contributed by atoms with E-state index >= 15 is 0 Å². The molecule has 5 aromatic rings. The number of hydrogen-bond acceptors (Lipinski definition) is 10. The highest BCUT2D eigenvalue weighted by molar-refractivity contribution is 7.99. The van der Waals surface area contributed by atoms with Gasteiger partial charge in [-0.1, -0.05) is 122 Å². The molecule has 6 rings (SSSR count). The van der Waals surface area contributed by atoms with Gasteiger partial charge in [0.05, 0.1) is 18.8 Å². The van der Waals surface area contributed by atoms with E-state index in [1.807, 2.05) is 97.1 Å². The van der Waals surface area contributed by atoms with Crippen molar-refractivity contribution in [2.45, 2.75) is 75.3 Å². The Labute approximate surface area is 308 Å². The van der Waals surface area contributed by atoms with Gasteiger partial charge in [-0.05, 0) is 36.1 Å². The Kier molecular flexibility index (Phi) is 13.4. The van der Waals surface area contributed by atoms with Crippen LogP contribution in [-0.4, -0.2) is 45.4 Å². The lowest BCUT2D eigenvalue weighted by Crippen LogP contribution is -2.31. The van der Waals surface area contributed by atoms with Crippen LogP contribution in [0.1, 0.15) is 74.0 Å². The molecule has 0 bridgehead atoms. The molecule has 0 radical (unpaired) electrons. The lowest BCUT2D eigenvalue weighted by molar-refractivity contribution is -0.245. The summed E-state index contributed by atoms with van der Waals surface area (Å²) in [5.74, 6) is 1.25. The Balaban J connectivity index is 1.12. The summed E-state index contributed by atoms with van der Waals surface area (Å²) < 4.78 is 25.0. The van der Waals surface area contributed by atoms with E-state index in [0.29, 0.717) is 42.4 Å². The average molecular weight is 722 g/mol. The molecule has 2 heterocycles. The monoisotopic (exact) mass is 721 g/mol. The number of ketones is 1. The van der Waals surface area contributed by atoms with Gasteiger partial charge in [0.15, 0.2) is 17.8 Å². The third-order valence-corrected chi connectivity index (χ3v) is 9.81. The van der Waals surface area contributed by atoms with Gasteiger partial charge < -0.3 is 28.8 Å². The number of Topliss-reactive ketones (excluding diaryl/α,β-unsaturated/α-hetero) is 1. The zero-order chi connectivity index (χ0) is 36.1. The molecular weight excluding hydrogens is 679 g/mol. The summed E-state index contributed by atoms with van der Waals surface area (Å²) >= 11 is 1.50. The molecule has 270 valence electrons. The van der Waals surface area contributed by atoms with Crippen LogP contribution in [0.4, 0.5) is 0 Å². The largest absolute Gasteiger partial charge is 0.431 e. The van der Waals surface area contributed by atoms with Crippen LogP contribution in [0.2, 0.25) is 0 Å². The third kappa shape index (κ3) is 10.3. The van der Waals surface area contributed by atoms with E-state index in [1.165, 1.54) is 11.8 Å². The first-order chi connectivity index (χ1) is 25.5. The Hall–Kier alpha value is -4.58. The average Bonchev–Trinajstić information content (AvgIpc) is 3.63. The number of nitrogens with zero attached hydrogens (tertiary/aromatic N) is 1. The zero-order valence-electron chi connectivity index (χ0n) is 28.9. The predicted octanol–water partition coefficient (Wildman–Crippen LogP) is 8.65. The summed E-state index contributed by atoms with van der Waals surface area (Å²) in [7, 11) is 0. The topological polar surface area (TPSA) is 128 Å². The molecule has 0 unspecified atom stereocenters. The second-order valence-corrected chi connectivity index (χ2v) is 13.7. The number of rotatable bonds is 17. The summed E-state index contributed by atoms with van der Waals surface area (Å²) in [4.78, 5) is 28.6. The fourth-order valence-corrected chi connectivity index (χ4v) is 6.87. The van der Waals surface area contributed by atoms with E-state index in [9.17, 15) is 14.7 Å². The lowest BCUT2D eigenvalue weighted by Gasteiger charge is -2.36. The summed E-state index contributed by atoms with van der Waals surface area (Å²) in [6.45, 7) is -0.451. The van der Waals surface area contributed by atoms with Crippen LogP contribution in [0.3, 0.4) is 0 Å². The smallest absolute Gasteiger partial charge is 0.311 e. The van der Waals surface area contributed by atoms with Gasteiger partial charge in [0.1, 0.15) is 18.1 Å². The molecule has 3 atom stereocenters. The Morgan fingerprint density at radius 1 is 0.750 bits per heavy atom. The van der Waals surface area contributed by atoms with E-state index in [2.05, 4.69) is 0 Å². The van der Waals surface area contributed by atoms with Gasteiger partial charge >= 0.3 is 5.97 Å². The zero-order valence-corrected chi connectivity index (χ0v) is 29.7. The second kappa shape index (κ2) is 18.8. The van der Waals surface area contributed by atoms with Crippen molar-refractivity contribution in [1.29, 1.82) is 0 Å². The number of unbranched alkanes of at least 4 members (excludes halogenated alkanes) is 3. The number of carbonyl (C=O) groups excluding carboxylic acids is 2. The summed E-state index contributed by atoms with van der Waals surface area (Å²) in [6.07, 6.45) is 3.12. The van der Waals surface area contributed by atoms with Crippen LogP contribution in [0.15, 0.2) is 119 Å². The van der Waals surface area contributed by atoms with Gasteiger partial charge in [-0.2, -0.15) is 0 Å². The Morgan fingerprint density at radius 2 is 1.40 bits per heavy atom. The van der Waals surface area contributed by atoms with Crippen LogP contribution in [0.5, 0.6) is 5.75 Å². The van der Waals surface area contributed by atoms with Crippen molar-refractivity contribution in [1.82, 2.24) is 4.98 Å². The first-order valence-corrected chi connectivity index (χ1v) is 18.7. The number of thioether (sulfide) groups is 1. The van der Waals surface area contributed by atoms with E-state index in [-0.39, 0.29) is 37.0 Å². The molecule has 1 aliphatic heterocycles. The number of ether oxygens (including phenoxy) is 3. The molecule has 10 heteroatoms. The summed E-state index contributed by atoms with van der Waals surface area (Å²) in [6, 6.07) is 34.9. The maximum atomic E-state index is 12.5. The number of carbonyl (C=O) groups is 2. The first kappa shape index (κ1) is 37.2. The molecule has 1 aliphatic rings. The van der Waals surface area contributed by atoms with Gasteiger partial charge in [0.25, 0.3) is 5.22 Å². The number of aliphatic hydroxyl groups is 2. The maximum absolute atomic E-state index is 12.5. The molecule has 1 saturated heterocycles. The van der Waals surface area contributed by atoms with Gasteiger partial charge in [-0.25, -0.2) is 4.98 Å². The Bertz CT molecular complexity index is 1810. The van der Waals surface area contributed by atoms with Crippen LogP contribution in [0, 0.1) is 0 Å². The third-order valence-electron chi connectivity index (χ3n) is 8.85. The fraction of sp³-hybridized carbons (Fsp3) is 0.310. The normalized spacial score (nSPS) is 17.2. The lowest BCUT2D eigenvalue weighted by atomic mass is 10.0. The minimum atomic E-state index is -0.673. The van der Waals surface area contributed by atoms with Crippen molar-refractivity contribution in [3.63, 3.8) is 0 Å². The molecule has 1 fully saturated rings. The van der Waals surface area contributed by atoms with E-state index in [4.69, 9.17) is 28.7 Å². The number of hydrogen-bond donors (Lipinski definition) is 2. The van der Waals surface area contributed by atoms with Gasteiger partial charge in [-0.3, -0.25) is 9.59 Å². The highest BCUT2D eigenvalue weighted by atomic mass is 32.2. The predicted molar refractivity (Wildman–Crippen MR) is 198 cm³/mol. The second-order valence-electron chi connectivity index (χ2n) is 12.7. The maximum Gasteiger partial charge on any atom is 0.311 e. The van der Waals surface area contributed by atoms with Crippen LogP contribution in [-0.2, 0) is 25.7 Å². The highest BCUT2D eigenvalue weighted by Crippen LogP contribution is 2.41. The molecule has 4 aromatic carbocycles. The van der Waals surface area contributed by atoms with Crippen LogP contribution < -0.4 is 4.74 Å². The summed E-state index contributed by atoms with van der Waals surface area (Å²) in [5, 5.41) is 18.9. The molecule has 0 amide bonds. The Morgan fingerprint density at radius 3 is 2.08 bits per heavy atom. The SMILES string of the molecule is O=C(CO)CCCCCCC(=O)Oc1ccc([C@H]2O[C@@H](CSc3nc(-c4ccccc4)c(-c4ccccc4)o3)C[C@@H](c3ccc(CO)cc3)O2)cc1. The molecule has 1 aromatic heterocycles. The van der Waals surface area contributed by atoms with Crippen LogP contribution in [0.25, 0.3) is 22.6 Å². The molecule has 2 N–H and O–H groups in total. The fourth-order valence-electron chi connectivity index (χ4n) is 6.03. The van der Waals surface area contributed by atoms with Gasteiger partial charge in [0.2, 0.25) is 0 Å². The van der Waals surface area contributed by atoms with Gasteiger partial charge in [0, 0.05) is 41.7 Å². The minimum Gasteiger partial charge on any atom is -0.431 e. The number of aliphatic hydroxyl groups excluding tert-OH is 2. The molecule has 9 nitrogen and oxygen atoms in total. The summed E-state index contributed by atoms with van der Waals surface area (Å²) in [5.41, 5.74) is 5.32. The van der Waals surface area contributed by atoms with E-state index < -0.39 is 12.9 Å². The quantitative estimate of drug-likeness (QED) is 0.0417. The molecule has 0 aliphatic carbocycles. The number of benzene rings is 4. The molecule has 0 spiro atoms. The van der Waals surface area contributed by atoms with Crippen molar-refractivity contribution >= 4 is 23.5 Å². The van der Waals surface area contributed by atoms with Crippen LogP contribution >= 0.6 is 11.8 Å². The number of oxazole rings is 1. The van der Waals surface area contributed by atoms with Crippen molar-refractivity contribution < 1.29 is 38.4 Å². The standard InChI is InChI=1S/C42H43NO8S/c44-26-29-17-19-30(20-18-29)37-25-36(28-52-42-43-39(31-11-5-3-6-12-31)40(51-42)32-13-7-4-8-14-32)49-41(50-37)33-21-23-35(24-22-33)48-38(47)16-10-2-1-9-15-34(46)27-45/h3-8,11-14,17-24,36-37,41,44-45H,1-2,9-10,15-16,25-28H2/t36-,37+,41+/m1/s1. The van der Waals surface area contributed by atoms with Crippen molar-refractivity contribution in [3.8, 4) is 28.3 Å². The molecule has 52 heavy (non-hydrogen) atoms. The van der Waals surface area contributed by atoms with E-state index in [1.54, 1.807) is 12.1 Å². The number of aromatic nitrogens is 1. The molecule has 0 saturated carbocycles. The minimum absolute atomic E-state index is 0.0343.